The summed E-state index contributed by atoms with van der Waals surface area (Å²) in [7, 11) is 0. The number of rotatable bonds is 11. The molecule has 35 heavy (non-hydrogen) atoms. The summed E-state index contributed by atoms with van der Waals surface area (Å²) in [6, 6.07) is 19.4. The molecule has 0 saturated carbocycles. The number of aromatic nitrogens is 3. The molecule has 184 valence electrons. The van der Waals surface area contributed by atoms with Crippen LogP contribution in [0.3, 0.4) is 0 Å². The summed E-state index contributed by atoms with van der Waals surface area (Å²) in [6.45, 7) is 7.19. The third-order valence-electron chi connectivity index (χ3n) is 4.18. The van der Waals surface area contributed by atoms with Crippen LogP contribution in [0.2, 0.25) is 0 Å². The highest BCUT2D eigenvalue weighted by molar-refractivity contribution is 8.00. The van der Waals surface area contributed by atoms with Gasteiger partial charge in [-0.3, -0.25) is 14.5 Å². The smallest absolute Gasteiger partial charge is 0.316 e. The van der Waals surface area contributed by atoms with Crippen LogP contribution in [0.1, 0.15) is 27.7 Å². The summed E-state index contributed by atoms with van der Waals surface area (Å²) < 4.78 is 10.5. The van der Waals surface area contributed by atoms with Crippen molar-refractivity contribution < 1.29 is 19.1 Å². The van der Waals surface area contributed by atoms with Gasteiger partial charge in [-0.1, -0.05) is 59.9 Å². The van der Waals surface area contributed by atoms with Gasteiger partial charge >= 0.3 is 11.9 Å². The van der Waals surface area contributed by atoms with Crippen molar-refractivity contribution >= 4 is 52.8 Å². The molecule has 8 nitrogen and oxygen atoms in total. The molecule has 0 bridgehead atoms. The second kappa shape index (κ2) is 13.1. The second-order valence-corrected chi connectivity index (χ2v) is 9.75. The van der Waals surface area contributed by atoms with E-state index in [1.165, 1.54) is 0 Å². The maximum atomic E-state index is 12.1. The predicted octanol–water partition coefficient (Wildman–Crippen LogP) is 5.43. The van der Waals surface area contributed by atoms with Crippen LogP contribution in [-0.4, -0.2) is 50.6 Å². The Hall–Kier alpha value is -3.11. The Balaban J connectivity index is 1.96. The van der Waals surface area contributed by atoms with Crippen LogP contribution in [0.25, 0.3) is 0 Å². The Kier molecular flexibility index (Phi) is 9.92. The van der Waals surface area contributed by atoms with Crippen molar-refractivity contribution in [2.24, 2.45) is 0 Å². The molecule has 0 aliphatic carbocycles. The zero-order valence-corrected chi connectivity index (χ0v) is 21.7. The van der Waals surface area contributed by atoms with Gasteiger partial charge in [0.05, 0.1) is 23.7 Å². The predicted molar refractivity (Wildman–Crippen MR) is 138 cm³/mol. The van der Waals surface area contributed by atoms with Crippen LogP contribution in [0.4, 0.5) is 17.3 Å². The van der Waals surface area contributed by atoms with E-state index in [4.69, 9.17) is 9.47 Å². The molecule has 0 atom stereocenters. The van der Waals surface area contributed by atoms with Gasteiger partial charge in [0, 0.05) is 11.4 Å². The van der Waals surface area contributed by atoms with E-state index in [1.807, 2.05) is 65.6 Å². The highest BCUT2D eigenvalue weighted by Crippen LogP contribution is 2.33. The number of hydrogen-bond donors (Lipinski definition) is 0. The van der Waals surface area contributed by atoms with Crippen LogP contribution in [0.15, 0.2) is 71.0 Å². The molecular weight excluding hydrogens is 484 g/mol. The molecule has 0 amide bonds. The first-order chi connectivity index (χ1) is 16.8. The van der Waals surface area contributed by atoms with Gasteiger partial charge in [0.15, 0.2) is 10.3 Å². The number of anilines is 3. The first-order valence-corrected chi connectivity index (χ1v) is 13.1. The van der Waals surface area contributed by atoms with Crippen molar-refractivity contribution in [1.29, 1.82) is 0 Å². The first-order valence-electron chi connectivity index (χ1n) is 11.1. The van der Waals surface area contributed by atoms with Crippen LogP contribution >= 0.6 is 23.5 Å². The lowest BCUT2D eigenvalue weighted by Gasteiger charge is -2.23. The molecule has 0 aliphatic rings. The van der Waals surface area contributed by atoms with E-state index < -0.39 is 0 Å². The maximum Gasteiger partial charge on any atom is 0.316 e. The van der Waals surface area contributed by atoms with Crippen LogP contribution in [-0.2, 0) is 19.1 Å². The molecule has 1 aromatic heterocycles. The number of carbonyl (C=O) groups excluding carboxylic acids is 2. The van der Waals surface area contributed by atoms with Gasteiger partial charge in [0.2, 0.25) is 5.95 Å². The number of esters is 2. The van der Waals surface area contributed by atoms with Crippen molar-refractivity contribution in [3.8, 4) is 0 Å². The number of benzene rings is 2. The minimum Gasteiger partial charge on any atom is -0.462 e. The van der Waals surface area contributed by atoms with Gasteiger partial charge in [-0.05, 0) is 52.0 Å². The summed E-state index contributed by atoms with van der Waals surface area (Å²) in [5, 5.41) is 0.708. The highest BCUT2D eigenvalue weighted by atomic mass is 32.2. The summed E-state index contributed by atoms with van der Waals surface area (Å²) in [5.74, 6) is -0.235. The molecule has 3 rings (SSSR count). The van der Waals surface area contributed by atoms with Crippen molar-refractivity contribution in [1.82, 2.24) is 15.0 Å². The SMILES string of the molecule is CC(C)OC(=O)CSc1nc(SCC(=O)OC(C)C)nc(N(c2ccccc2)c2ccccc2)n1. The Bertz CT molecular complexity index is 1030. The zero-order valence-electron chi connectivity index (χ0n) is 20.1. The molecule has 10 heteroatoms. The fraction of sp³-hybridized carbons (Fsp3) is 0.320. The Morgan fingerprint density at radius 3 is 1.49 bits per heavy atom. The first kappa shape index (κ1) is 26.5. The summed E-state index contributed by atoms with van der Waals surface area (Å²) in [6.07, 6.45) is -0.413. The third-order valence-corrected chi connectivity index (χ3v) is 5.83. The van der Waals surface area contributed by atoms with E-state index in [2.05, 4.69) is 15.0 Å². The zero-order chi connectivity index (χ0) is 25.2. The fourth-order valence-electron chi connectivity index (χ4n) is 2.93. The lowest BCUT2D eigenvalue weighted by molar-refractivity contribution is -0.145. The largest absolute Gasteiger partial charge is 0.462 e. The number of ether oxygens (including phenoxy) is 2. The molecule has 0 saturated heterocycles. The van der Waals surface area contributed by atoms with E-state index in [0.29, 0.717) is 16.3 Å². The van der Waals surface area contributed by atoms with Crippen molar-refractivity contribution in [2.75, 3.05) is 16.4 Å². The van der Waals surface area contributed by atoms with Gasteiger partial charge in [-0.2, -0.15) is 15.0 Å². The Morgan fingerprint density at radius 2 is 1.11 bits per heavy atom. The number of para-hydroxylation sites is 2. The fourth-order valence-corrected chi connectivity index (χ4v) is 4.21. The highest BCUT2D eigenvalue weighted by Gasteiger charge is 2.20. The van der Waals surface area contributed by atoms with Crippen LogP contribution in [0.5, 0.6) is 0 Å². The lowest BCUT2D eigenvalue weighted by atomic mass is 10.2. The monoisotopic (exact) mass is 512 g/mol. The van der Waals surface area contributed by atoms with Gasteiger partial charge in [-0.25, -0.2) is 0 Å². The molecule has 0 N–H and O–H groups in total. The minimum absolute atomic E-state index is 0.0534. The van der Waals surface area contributed by atoms with Crippen molar-refractivity contribution in [3.05, 3.63) is 60.7 Å². The van der Waals surface area contributed by atoms with Crippen LogP contribution < -0.4 is 4.90 Å². The van der Waals surface area contributed by atoms with E-state index in [9.17, 15) is 9.59 Å². The molecule has 1 heterocycles. The van der Waals surface area contributed by atoms with Gasteiger partial charge < -0.3 is 9.47 Å². The van der Waals surface area contributed by atoms with E-state index in [1.54, 1.807) is 27.7 Å². The molecule has 0 unspecified atom stereocenters. The summed E-state index contributed by atoms with van der Waals surface area (Å²) >= 11 is 2.32. The van der Waals surface area contributed by atoms with E-state index in [0.717, 1.165) is 34.9 Å². The molecule has 0 fully saturated rings. The number of thioether (sulfide) groups is 2. The maximum absolute atomic E-state index is 12.1. The quantitative estimate of drug-likeness (QED) is 0.244. The normalized spacial score (nSPS) is 10.9. The molecular formula is C25H28N4O4S2. The summed E-state index contributed by atoms with van der Waals surface area (Å²) in [5.41, 5.74) is 1.71. The Labute approximate surface area is 213 Å². The Morgan fingerprint density at radius 1 is 0.714 bits per heavy atom. The third kappa shape index (κ3) is 8.56. The van der Waals surface area contributed by atoms with Crippen molar-refractivity contribution in [2.45, 2.75) is 50.2 Å². The lowest BCUT2D eigenvalue weighted by Crippen LogP contribution is -2.17. The average Bonchev–Trinajstić information content (AvgIpc) is 2.82. The molecule has 0 radical (unpaired) electrons. The molecule has 3 aromatic rings. The van der Waals surface area contributed by atoms with Gasteiger partial charge in [0.25, 0.3) is 0 Å². The molecule has 0 spiro atoms. The topological polar surface area (TPSA) is 94.5 Å². The minimum atomic E-state index is -0.357. The standard InChI is InChI=1S/C25H28N4O4S2/c1-17(2)32-21(30)15-34-24-26-23(27-25(28-24)35-16-22(31)33-18(3)4)29(19-11-7-5-8-12-19)20-13-9-6-10-14-20/h5-14,17-18H,15-16H2,1-4H3. The second-order valence-electron chi connectivity index (χ2n) is 7.86. The van der Waals surface area contributed by atoms with E-state index >= 15 is 0 Å². The van der Waals surface area contributed by atoms with E-state index in [-0.39, 0.29) is 35.7 Å². The van der Waals surface area contributed by atoms with Gasteiger partial charge in [-0.15, -0.1) is 0 Å². The number of hydrogen-bond acceptors (Lipinski definition) is 10. The molecule has 0 aliphatic heterocycles. The summed E-state index contributed by atoms with van der Waals surface area (Å²) in [4.78, 5) is 39.8. The number of nitrogens with zero attached hydrogens (tertiary/aromatic N) is 4. The van der Waals surface area contributed by atoms with Gasteiger partial charge in [0.1, 0.15) is 0 Å². The number of carbonyl (C=O) groups is 2. The average molecular weight is 513 g/mol. The van der Waals surface area contributed by atoms with Crippen molar-refractivity contribution in [3.63, 3.8) is 0 Å². The van der Waals surface area contributed by atoms with Crippen LogP contribution in [0, 0.1) is 0 Å². The molecule has 2 aromatic carbocycles.